The maximum Gasteiger partial charge on any atom is 0.249 e. The summed E-state index contributed by atoms with van der Waals surface area (Å²) in [7, 11) is 0. The highest BCUT2D eigenvalue weighted by Crippen LogP contribution is 2.23. The lowest BCUT2D eigenvalue weighted by molar-refractivity contribution is -0.303. The molecule has 1 fully saturated rings. The fourth-order valence-electron chi connectivity index (χ4n) is 6.32. The summed E-state index contributed by atoms with van der Waals surface area (Å²) >= 11 is 0. The second-order valence-electron chi connectivity index (χ2n) is 14.7. The summed E-state index contributed by atoms with van der Waals surface area (Å²) in [5.74, 6) is -0.723. The van der Waals surface area contributed by atoms with Crippen molar-refractivity contribution in [1.82, 2.24) is 5.32 Å². The number of hydrogen-bond donors (Lipinski definition) is 8. The molecule has 0 spiro atoms. The largest absolute Gasteiger partial charge is 0.394 e. The summed E-state index contributed by atoms with van der Waals surface area (Å²) in [6, 6.07) is -1.19. The highest BCUT2D eigenvalue weighted by molar-refractivity contribution is 5.80. The third-order valence-electron chi connectivity index (χ3n) is 9.89. The molecule has 1 rings (SSSR count). The monoisotopic (exact) mass is 756 g/mol. The number of unbranched alkanes of at least 4 members (excludes halogenated alkanes) is 15. The predicted molar refractivity (Wildman–Crippen MR) is 210 cm³/mol. The molecule has 0 saturated carbocycles. The van der Waals surface area contributed by atoms with Gasteiger partial charge in [-0.15, -0.1) is 0 Å². The van der Waals surface area contributed by atoms with Gasteiger partial charge < -0.3 is 50.5 Å². The molecule has 9 atom stereocenters. The van der Waals surface area contributed by atoms with E-state index in [1.54, 1.807) is 0 Å². The van der Waals surface area contributed by atoms with Gasteiger partial charge in [-0.2, -0.15) is 0 Å². The van der Waals surface area contributed by atoms with Gasteiger partial charge in [0, 0.05) is 0 Å². The average Bonchev–Trinajstić information content (AvgIpc) is 3.16. The molecule has 0 aromatic carbocycles. The number of rotatable bonds is 33. The lowest BCUT2D eigenvalue weighted by Crippen LogP contribution is -2.60. The second kappa shape index (κ2) is 32.6. The van der Waals surface area contributed by atoms with Gasteiger partial charge in [-0.1, -0.05) is 121 Å². The van der Waals surface area contributed by atoms with Gasteiger partial charge in [0.25, 0.3) is 0 Å². The van der Waals surface area contributed by atoms with E-state index in [-0.39, 0.29) is 12.8 Å². The fourth-order valence-corrected chi connectivity index (χ4v) is 6.32. The summed E-state index contributed by atoms with van der Waals surface area (Å²) in [4.78, 5) is 13.0. The number of carbonyl (C=O) groups excluding carboxylic acids is 1. The molecule has 1 saturated heterocycles. The first-order chi connectivity index (χ1) is 25.7. The molecule has 8 N–H and O–H groups in total. The molecule has 0 aliphatic carbocycles. The minimum Gasteiger partial charge on any atom is -0.394 e. The summed E-state index contributed by atoms with van der Waals surface area (Å²) < 4.78 is 11.0. The van der Waals surface area contributed by atoms with Crippen LogP contribution in [0.1, 0.15) is 155 Å². The number of allylic oxidation sites excluding steroid dienone is 6. The van der Waals surface area contributed by atoms with Crippen molar-refractivity contribution in [3.63, 3.8) is 0 Å². The second-order valence-corrected chi connectivity index (χ2v) is 14.7. The van der Waals surface area contributed by atoms with Crippen LogP contribution in [0.25, 0.3) is 0 Å². The summed E-state index contributed by atoms with van der Waals surface area (Å²) in [6.45, 7) is 3.32. The van der Waals surface area contributed by atoms with Crippen LogP contribution in [0, 0.1) is 0 Å². The van der Waals surface area contributed by atoms with Crippen LogP contribution in [0.15, 0.2) is 36.5 Å². The zero-order chi connectivity index (χ0) is 39.1. The lowest BCUT2D eigenvalue weighted by Gasteiger charge is -2.40. The Morgan fingerprint density at radius 1 is 0.642 bits per heavy atom. The Hall–Kier alpha value is -1.67. The number of amides is 1. The standard InChI is InChI=1S/C42H77NO10/c1-3-5-7-9-11-13-15-16-17-18-20-22-24-26-28-30-35(46)41(51)43-33(32-52-42-40(50)39(49)38(48)36(31-44)53-42)37(47)34(45)29-27-25-23-21-19-14-12-10-8-6-4-2/h10,12,17-18,21,23,33-40,42,44-50H,3-9,11,13-16,19-20,22,24-32H2,1-2H3,(H,43,51)/b12-10+,18-17-,23-21+. The van der Waals surface area contributed by atoms with Crippen LogP contribution in [-0.4, -0.2) is 110 Å². The van der Waals surface area contributed by atoms with Gasteiger partial charge in [-0.25, -0.2) is 0 Å². The van der Waals surface area contributed by atoms with Gasteiger partial charge in [-0.3, -0.25) is 4.79 Å². The molecule has 53 heavy (non-hydrogen) atoms. The SMILES string of the molecule is CCCC/C=C/CC/C=C/CCCC(O)C(O)C(COC1OC(CO)C(O)C(O)C1O)NC(=O)C(O)CCCCCC/C=C\CCCCCCCCC. The van der Waals surface area contributed by atoms with Crippen molar-refractivity contribution < 1.29 is 50.0 Å². The molecule has 1 amide bonds. The summed E-state index contributed by atoms with van der Waals surface area (Å²) in [5.41, 5.74) is 0. The zero-order valence-electron chi connectivity index (χ0n) is 33.0. The molecule has 1 aliphatic heterocycles. The number of hydrogen-bond acceptors (Lipinski definition) is 10. The van der Waals surface area contributed by atoms with Crippen LogP contribution in [-0.2, 0) is 14.3 Å². The Kier molecular flexibility index (Phi) is 30.3. The van der Waals surface area contributed by atoms with Gasteiger partial charge in [0.2, 0.25) is 5.91 Å². The zero-order valence-corrected chi connectivity index (χ0v) is 33.0. The molecule has 11 nitrogen and oxygen atoms in total. The Morgan fingerprint density at radius 3 is 1.74 bits per heavy atom. The summed E-state index contributed by atoms with van der Waals surface area (Å²) in [5, 5.41) is 75.2. The smallest absolute Gasteiger partial charge is 0.249 e. The molecule has 1 heterocycles. The van der Waals surface area contributed by atoms with Crippen LogP contribution >= 0.6 is 0 Å². The lowest BCUT2D eigenvalue weighted by atomic mass is 9.98. The molecule has 11 heteroatoms. The molecule has 0 radical (unpaired) electrons. The van der Waals surface area contributed by atoms with E-state index in [2.05, 4.69) is 49.5 Å². The van der Waals surface area contributed by atoms with E-state index in [0.717, 1.165) is 51.4 Å². The molecule has 310 valence electrons. The highest BCUT2D eigenvalue weighted by atomic mass is 16.7. The molecule has 1 aliphatic rings. The molecular weight excluding hydrogens is 678 g/mol. The van der Waals surface area contributed by atoms with Crippen LogP contribution in [0.4, 0.5) is 0 Å². The predicted octanol–water partition coefficient (Wildman–Crippen LogP) is 5.66. The minimum atomic E-state index is -1.67. The number of aliphatic hydroxyl groups is 7. The van der Waals surface area contributed by atoms with Crippen LogP contribution < -0.4 is 5.32 Å². The highest BCUT2D eigenvalue weighted by Gasteiger charge is 2.44. The Morgan fingerprint density at radius 2 is 1.15 bits per heavy atom. The van der Waals surface area contributed by atoms with Crippen molar-refractivity contribution >= 4 is 5.91 Å². The summed E-state index contributed by atoms with van der Waals surface area (Å²) in [6.07, 6.45) is 23.5. The van der Waals surface area contributed by atoms with Crippen molar-refractivity contribution in [2.75, 3.05) is 13.2 Å². The number of ether oxygens (including phenoxy) is 2. The first-order valence-electron chi connectivity index (χ1n) is 20.9. The molecule has 0 bridgehead atoms. The first kappa shape index (κ1) is 49.3. The van der Waals surface area contributed by atoms with Crippen molar-refractivity contribution in [3.05, 3.63) is 36.5 Å². The third kappa shape index (κ3) is 23.1. The maximum atomic E-state index is 13.0. The maximum absolute atomic E-state index is 13.0. The Bertz CT molecular complexity index is 960. The number of carbonyl (C=O) groups is 1. The molecule has 0 aromatic heterocycles. The van der Waals surface area contributed by atoms with Gasteiger partial charge >= 0.3 is 0 Å². The fraction of sp³-hybridized carbons (Fsp3) is 0.833. The number of aliphatic hydroxyl groups excluding tert-OH is 7. The Labute approximate surface area is 320 Å². The van der Waals surface area contributed by atoms with Crippen LogP contribution in [0.3, 0.4) is 0 Å². The molecule has 9 unspecified atom stereocenters. The van der Waals surface area contributed by atoms with Crippen LogP contribution in [0.2, 0.25) is 0 Å². The van der Waals surface area contributed by atoms with E-state index < -0.39 is 74.2 Å². The molecule has 0 aromatic rings. The van der Waals surface area contributed by atoms with E-state index in [4.69, 9.17) is 9.47 Å². The number of nitrogens with one attached hydrogen (secondary N) is 1. The van der Waals surface area contributed by atoms with Gasteiger partial charge in [-0.05, 0) is 70.6 Å². The first-order valence-corrected chi connectivity index (χ1v) is 20.9. The van der Waals surface area contributed by atoms with Crippen molar-refractivity contribution in [2.45, 2.75) is 210 Å². The average molecular weight is 756 g/mol. The van der Waals surface area contributed by atoms with E-state index in [1.807, 2.05) is 6.08 Å². The van der Waals surface area contributed by atoms with Crippen molar-refractivity contribution in [2.24, 2.45) is 0 Å². The van der Waals surface area contributed by atoms with E-state index in [1.165, 1.54) is 57.8 Å². The van der Waals surface area contributed by atoms with Crippen molar-refractivity contribution in [3.8, 4) is 0 Å². The van der Waals surface area contributed by atoms with Crippen molar-refractivity contribution in [1.29, 1.82) is 0 Å². The topological polar surface area (TPSA) is 189 Å². The van der Waals surface area contributed by atoms with E-state index in [9.17, 15) is 40.5 Å². The molecular formula is C42H77NO10. The van der Waals surface area contributed by atoms with E-state index >= 15 is 0 Å². The van der Waals surface area contributed by atoms with Gasteiger partial charge in [0.1, 0.15) is 36.6 Å². The minimum absolute atomic E-state index is 0.236. The van der Waals surface area contributed by atoms with Gasteiger partial charge in [0.05, 0.1) is 25.4 Å². The van der Waals surface area contributed by atoms with E-state index in [0.29, 0.717) is 19.3 Å². The quantitative estimate of drug-likeness (QED) is 0.0307. The normalized spacial score (nSPS) is 23.2. The van der Waals surface area contributed by atoms with Crippen LogP contribution in [0.5, 0.6) is 0 Å². The Balaban J connectivity index is 2.55. The third-order valence-corrected chi connectivity index (χ3v) is 9.89. The van der Waals surface area contributed by atoms with Gasteiger partial charge in [0.15, 0.2) is 6.29 Å².